The summed E-state index contributed by atoms with van der Waals surface area (Å²) in [4.78, 5) is 9.99. The first-order valence-corrected chi connectivity index (χ1v) is 22.9. The number of unbranched alkanes of at least 4 members (excludes halogenated alkanes) is 1. The SMILES string of the molecule is C/C=C\C(CCCC)=N\C(=N)n1c2nc3ccccc3c-2cc2cc(-c3ccc4c(c3)c3cc(-c5ccc6c(c5)c5ccccc5n6-c5ccccc5)ccc3n4-c3ccccc3)ccc21. The molecule has 0 fully saturated rings. The average molecular weight is 851 g/mol. The Morgan fingerprint density at radius 3 is 1.62 bits per heavy atom. The van der Waals surface area contributed by atoms with Crippen LogP contribution < -0.4 is 0 Å². The topological polar surface area (TPSA) is 63.9 Å². The molecule has 0 amide bonds. The number of allylic oxidation sites excluding steroid dienone is 2. The third-order valence-electron chi connectivity index (χ3n) is 13.2. The van der Waals surface area contributed by atoms with Crippen molar-refractivity contribution in [3.05, 3.63) is 200 Å². The molecule has 0 spiro atoms. The summed E-state index contributed by atoms with van der Waals surface area (Å²) < 4.78 is 6.68. The van der Waals surface area contributed by atoms with Crippen LogP contribution in [0.2, 0.25) is 0 Å². The van der Waals surface area contributed by atoms with E-state index in [2.05, 4.69) is 192 Å². The number of fused-ring (bicyclic) bond motifs is 10. The van der Waals surface area contributed by atoms with E-state index >= 15 is 0 Å². The van der Waals surface area contributed by atoms with Crippen molar-refractivity contribution >= 4 is 77.1 Å². The fourth-order valence-corrected chi connectivity index (χ4v) is 10.1. The van der Waals surface area contributed by atoms with Crippen LogP contribution in [0, 0.1) is 5.41 Å². The molecular formula is C60H46N6. The van der Waals surface area contributed by atoms with E-state index in [4.69, 9.17) is 9.98 Å². The van der Waals surface area contributed by atoms with Gasteiger partial charge in [0.2, 0.25) is 5.96 Å². The number of aromatic nitrogens is 4. The molecule has 66 heavy (non-hydrogen) atoms. The Kier molecular flexibility index (Phi) is 9.53. The molecule has 2 aliphatic heterocycles. The van der Waals surface area contributed by atoms with Gasteiger partial charge in [0, 0.05) is 55.0 Å². The summed E-state index contributed by atoms with van der Waals surface area (Å²) in [5, 5.41) is 16.4. The van der Waals surface area contributed by atoms with E-state index in [1.165, 1.54) is 43.7 Å². The summed E-state index contributed by atoms with van der Waals surface area (Å²) in [6.07, 6.45) is 6.93. The van der Waals surface area contributed by atoms with Gasteiger partial charge in [0.25, 0.3) is 0 Å². The molecular weight excluding hydrogens is 805 g/mol. The molecule has 0 saturated carbocycles. The van der Waals surface area contributed by atoms with Gasteiger partial charge in [0.15, 0.2) is 0 Å². The molecule has 2 aromatic heterocycles. The van der Waals surface area contributed by atoms with Gasteiger partial charge in [-0.05, 0) is 139 Å². The maximum atomic E-state index is 9.46. The number of nitrogens with one attached hydrogen (secondary N) is 1. The minimum atomic E-state index is 0.164. The summed E-state index contributed by atoms with van der Waals surface area (Å²) in [5.74, 6) is 0.907. The third kappa shape index (κ3) is 6.44. The van der Waals surface area contributed by atoms with Gasteiger partial charge in [0.1, 0.15) is 5.82 Å². The van der Waals surface area contributed by atoms with Crippen LogP contribution in [0.15, 0.2) is 205 Å². The number of hydrogen-bond acceptors (Lipinski definition) is 2. The highest BCUT2D eigenvalue weighted by atomic mass is 15.2. The molecule has 12 rings (SSSR count). The zero-order valence-electron chi connectivity index (χ0n) is 36.9. The van der Waals surface area contributed by atoms with Gasteiger partial charge in [-0.15, -0.1) is 0 Å². The van der Waals surface area contributed by atoms with Crippen molar-refractivity contribution in [3.63, 3.8) is 0 Å². The summed E-state index contributed by atoms with van der Waals surface area (Å²) in [6.45, 7) is 4.19. The lowest BCUT2D eigenvalue weighted by atomic mass is 9.98. The van der Waals surface area contributed by atoms with Gasteiger partial charge in [0.05, 0.1) is 33.1 Å². The molecule has 0 saturated heterocycles. The first kappa shape index (κ1) is 39.3. The van der Waals surface area contributed by atoms with Crippen LogP contribution in [0.5, 0.6) is 0 Å². The molecule has 0 atom stereocenters. The molecule has 316 valence electrons. The van der Waals surface area contributed by atoms with Gasteiger partial charge in [-0.25, -0.2) is 9.98 Å². The minimum Gasteiger partial charge on any atom is -0.309 e. The highest BCUT2D eigenvalue weighted by molar-refractivity contribution is 6.14. The summed E-state index contributed by atoms with van der Waals surface area (Å²) in [7, 11) is 0. The van der Waals surface area contributed by atoms with Crippen molar-refractivity contribution in [1.82, 2.24) is 18.7 Å². The van der Waals surface area contributed by atoms with Crippen molar-refractivity contribution in [1.29, 1.82) is 5.41 Å². The summed E-state index contributed by atoms with van der Waals surface area (Å²) in [5.41, 5.74) is 15.3. The molecule has 10 aromatic rings. The normalized spacial score (nSPS) is 12.4. The monoisotopic (exact) mass is 850 g/mol. The number of hydrogen-bond donors (Lipinski definition) is 1. The maximum absolute atomic E-state index is 9.46. The van der Waals surface area contributed by atoms with Gasteiger partial charge in [-0.3, -0.25) is 9.98 Å². The first-order valence-electron chi connectivity index (χ1n) is 22.9. The Hall–Kier alpha value is -8.35. The zero-order valence-corrected chi connectivity index (χ0v) is 36.9. The summed E-state index contributed by atoms with van der Waals surface area (Å²) >= 11 is 0. The Balaban J connectivity index is 1.03. The second-order valence-electron chi connectivity index (χ2n) is 17.2. The van der Waals surface area contributed by atoms with Crippen LogP contribution in [0.4, 0.5) is 0 Å². The summed E-state index contributed by atoms with van der Waals surface area (Å²) in [6, 6.07) is 67.8. The van der Waals surface area contributed by atoms with E-state index in [-0.39, 0.29) is 5.96 Å². The van der Waals surface area contributed by atoms with Crippen molar-refractivity contribution in [2.24, 2.45) is 4.99 Å². The maximum Gasteiger partial charge on any atom is 0.228 e. The van der Waals surface area contributed by atoms with Crippen LogP contribution in [-0.2, 0) is 0 Å². The van der Waals surface area contributed by atoms with Gasteiger partial charge in [-0.1, -0.05) is 116 Å². The predicted octanol–water partition coefficient (Wildman–Crippen LogP) is 15.8. The fraction of sp³-hybridized carbons (Fsp3) is 0.0833. The Bertz CT molecular complexity index is 3880. The number of rotatable bonds is 8. The minimum absolute atomic E-state index is 0.164. The van der Waals surface area contributed by atoms with Gasteiger partial charge < -0.3 is 9.13 Å². The number of benzene rings is 8. The second-order valence-corrected chi connectivity index (χ2v) is 17.2. The smallest absolute Gasteiger partial charge is 0.228 e. The largest absolute Gasteiger partial charge is 0.309 e. The quantitative estimate of drug-likeness (QED) is 0.120. The van der Waals surface area contributed by atoms with E-state index in [0.29, 0.717) is 0 Å². The predicted molar refractivity (Wildman–Crippen MR) is 278 cm³/mol. The molecule has 6 nitrogen and oxygen atoms in total. The second kappa shape index (κ2) is 16.0. The fourth-order valence-electron chi connectivity index (χ4n) is 10.1. The van der Waals surface area contributed by atoms with E-state index in [1.807, 2.05) is 35.8 Å². The lowest BCUT2D eigenvalue weighted by Crippen LogP contribution is -2.15. The Morgan fingerprint density at radius 2 is 1.03 bits per heavy atom. The Morgan fingerprint density at radius 1 is 0.530 bits per heavy atom. The standard InChI is InChI=1S/C60H46N6/c1-3-5-17-44(16-4-2)62-60(61)66-54-30-26-39(34-43(54)38-52-47-22-12-14-24-53(47)63-59(52)66)40-27-32-57-50(36-40)51-37-42(29-33-58(51)65(57)46-20-10-7-11-21-46)41-28-31-56-49(35-41)48-23-13-15-25-55(48)64(56)45-18-8-6-9-19-45/h4,6-16,18-38,61H,3,5,17H2,1-2H3/b16-4-,61-60?,62-44-. The number of nitrogens with zero attached hydrogens (tertiary/aromatic N) is 5. The molecule has 0 bridgehead atoms. The van der Waals surface area contributed by atoms with Crippen LogP contribution in [-0.4, -0.2) is 30.4 Å². The van der Waals surface area contributed by atoms with Crippen LogP contribution >= 0.6 is 0 Å². The molecule has 2 aliphatic rings. The van der Waals surface area contributed by atoms with Crippen molar-refractivity contribution in [3.8, 4) is 45.0 Å². The van der Waals surface area contributed by atoms with Crippen molar-refractivity contribution in [2.45, 2.75) is 33.1 Å². The number of aliphatic imine (C=N–C) groups is 1. The molecule has 8 aromatic carbocycles. The van der Waals surface area contributed by atoms with E-state index in [0.717, 1.165) is 91.7 Å². The van der Waals surface area contributed by atoms with Gasteiger partial charge in [-0.2, -0.15) is 0 Å². The van der Waals surface area contributed by atoms with E-state index in [9.17, 15) is 5.41 Å². The molecule has 6 heteroatoms. The number of pyridine rings is 1. The lowest BCUT2D eigenvalue weighted by Gasteiger charge is -2.16. The zero-order chi connectivity index (χ0) is 44.3. The molecule has 0 radical (unpaired) electrons. The molecule has 0 aliphatic carbocycles. The lowest BCUT2D eigenvalue weighted by molar-refractivity contribution is 0.836. The van der Waals surface area contributed by atoms with Crippen molar-refractivity contribution < 1.29 is 0 Å². The molecule has 0 unspecified atom stereocenters. The van der Waals surface area contributed by atoms with Crippen LogP contribution in [0.25, 0.3) is 110 Å². The third-order valence-corrected chi connectivity index (χ3v) is 13.2. The van der Waals surface area contributed by atoms with Crippen molar-refractivity contribution in [2.75, 3.05) is 0 Å². The highest BCUT2D eigenvalue weighted by Crippen LogP contribution is 2.41. The highest BCUT2D eigenvalue weighted by Gasteiger charge is 2.22. The van der Waals surface area contributed by atoms with Gasteiger partial charge >= 0.3 is 0 Å². The number of para-hydroxylation sites is 4. The average Bonchev–Trinajstić information content (AvgIpc) is 4.02. The van der Waals surface area contributed by atoms with Crippen LogP contribution in [0.1, 0.15) is 33.1 Å². The molecule has 4 heterocycles. The Labute approximate surface area is 382 Å². The molecule has 1 N–H and O–H groups in total. The van der Waals surface area contributed by atoms with E-state index < -0.39 is 0 Å². The van der Waals surface area contributed by atoms with Crippen LogP contribution in [0.3, 0.4) is 0 Å². The van der Waals surface area contributed by atoms with E-state index in [1.54, 1.807) is 0 Å². The first-order chi connectivity index (χ1) is 32.6.